The van der Waals surface area contributed by atoms with Crippen LogP contribution in [0.2, 0.25) is 5.02 Å². The Balaban J connectivity index is 1.87. The third kappa shape index (κ3) is 4.62. The zero-order chi connectivity index (χ0) is 19.6. The van der Waals surface area contributed by atoms with E-state index in [4.69, 9.17) is 11.6 Å². The molecule has 3 aromatic rings. The topological polar surface area (TPSA) is 115 Å². The number of sulfone groups is 1. The van der Waals surface area contributed by atoms with E-state index in [-0.39, 0.29) is 15.8 Å². The van der Waals surface area contributed by atoms with Gasteiger partial charge < -0.3 is 0 Å². The van der Waals surface area contributed by atoms with Crippen molar-refractivity contribution < 1.29 is 17.6 Å². The number of aromatic nitrogens is 4. The van der Waals surface area contributed by atoms with Gasteiger partial charge in [-0.05, 0) is 24.6 Å². The van der Waals surface area contributed by atoms with Crippen molar-refractivity contribution in [3.8, 4) is 0 Å². The molecule has 0 atom stereocenters. The number of anilines is 1. The lowest BCUT2D eigenvalue weighted by Crippen LogP contribution is -2.18. The van der Waals surface area contributed by atoms with E-state index in [2.05, 4.69) is 25.5 Å². The van der Waals surface area contributed by atoms with Crippen LogP contribution in [0.25, 0.3) is 0 Å². The second-order valence-electron chi connectivity index (χ2n) is 5.32. The van der Waals surface area contributed by atoms with E-state index < -0.39 is 32.5 Å². The van der Waals surface area contributed by atoms with Gasteiger partial charge in [-0.25, -0.2) is 22.8 Å². The first-order chi connectivity index (χ1) is 12.7. The second kappa shape index (κ2) is 7.62. The number of rotatable bonds is 5. The van der Waals surface area contributed by atoms with E-state index in [1.165, 1.54) is 12.1 Å². The fourth-order valence-corrected chi connectivity index (χ4v) is 4.00. The van der Waals surface area contributed by atoms with Crippen LogP contribution < -0.4 is 5.32 Å². The molecule has 140 valence electrons. The number of benzene rings is 1. The van der Waals surface area contributed by atoms with Gasteiger partial charge in [-0.1, -0.05) is 35.1 Å². The molecule has 0 fully saturated rings. The van der Waals surface area contributed by atoms with E-state index in [0.29, 0.717) is 10.6 Å². The smallest absolute Gasteiger partial charge is 0.277 e. The third-order valence-electron chi connectivity index (χ3n) is 3.23. The summed E-state index contributed by atoms with van der Waals surface area (Å²) in [6.45, 7) is 1.71. The van der Waals surface area contributed by atoms with Gasteiger partial charge >= 0.3 is 0 Å². The number of nitrogens with zero attached hydrogens (tertiary/aromatic N) is 4. The Bertz CT molecular complexity index is 1100. The van der Waals surface area contributed by atoms with Crippen molar-refractivity contribution in [1.29, 1.82) is 0 Å². The van der Waals surface area contributed by atoms with Crippen LogP contribution >= 0.6 is 22.9 Å². The van der Waals surface area contributed by atoms with Crippen LogP contribution in [0, 0.1) is 12.7 Å². The van der Waals surface area contributed by atoms with Gasteiger partial charge in [0.25, 0.3) is 5.91 Å². The van der Waals surface area contributed by atoms with Gasteiger partial charge in [-0.2, -0.15) is 0 Å². The summed E-state index contributed by atoms with van der Waals surface area (Å²) in [6, 6.07) is 4.98. The molecule has 8 nitrogen and oxygen atoms in total. The minimum atomic E-state index is -3.98. The van der Waals surface area contributed by atoms with Crippen LogP contribution in [0.1, 0.15) is 21.1 Å². The summed E-state index contributed by atoms with van der Waals surface area (Å²) in [7, 11) is -3.98. The maximum Gasteiger partial charge on any atom is 0.277 e. The summed E-state index contributed by atoms with van der Waals surface area (Å²) in [4.78, 5) is 19.8. The van der Waals surface area contributed by atoms with Gasteiger partial charge in [0.1, 0.15) is 10.8 Å². The first kappa shape index (κ1) is 19.3. The van der Waals surface area contributed by atoms with E-state index in [1.54, 1.807) is 6.92 Å². The molecule has 0 aliphatic rings. The first-order valence-electron chi connectivity index (χ1n) is 7.36. The highest BCUT2D eigenvalue weighted by Crippen LogP contribution is 2.20. The molecule has 1 amide bonds. The number of carbonyl (C=O) groups excluding carboxylic acids is 1. The molecule has 0 bridgehead atoms. The quantitative estimate of drug-likeness (QED) is 0.622. The van der Waals surface area contributed by atoms with Crippen LogP contribution in [-0.2, 0) is 15.6 Å². The molecule has 0 radical (unpaired) electrons. The molecular weight excluding hydrogens is 417 g/mol. The normalized spacial score (nSPS) is 11.4. The Labute approximate surface area is 162 Å². The van der Waals surface area contributed by atoms with E-state index >= 15 is 0 Å². The molecule has 12 heteroatoms. The minimum absolute atomic E-state index is 0.116. The van der Waals surface area contributed by atoms with Crippen molar-refractivity contribution in [2.45, 2.75) is 17.8 Å². The Morgan fingerprint density at radius 2 is 1.96 bits per heavy atom. The summed E-state index contributed by atoms with van der Waals surface area (Å²) >= 11 is 7.07. The Kier molecular flexibility index (Phi) is 5.44. The zero-order valence-electron chi connectivity index (χ0n) is 13.7. The lowest BCUT2D eigenvalue weighted by Gasteiger charge is -2.07. The van der Waals surface area contributed by atoms with Crippen molar-refractivity contribution >= 4 is 43.8 Å². The van der Waals surface area contributed by atoms with Crippen LogP contribution in [0.5, 0.6) is 0 Å². The van der Waals surface area contributed by atoms with Gasteiger partial charge in [-0.3, -0.25) is 10.1 Å². The van der Waals surface area contributed by atoms with Gasteiger partial charge in [0.2, 0.25) is 20.1 Å². The van der Waals surface area contributed by atoms with Gasteiger partial charge in [0.15, 0.2) is 5.69 Å². The zero-order valence-corrected chi connectivity index (χ0v) is 16.1. The van der Waals surface area contributed by atoms with Crippen molar-refractivity contribution in [2.24, 2.45) is 0 Å². The van der Waals surface area contributed by atoms with Gasteiger partial charge in [-0.15, -0.1) is 10.2 Å². The summed E-state index contributed by atoms with van der Waals surface area (Å²) in [5.41, 5.74) is 0.0440. The van der Waals surface area contributed by atoms with Crippen molar-refractivity contribution in [1.82, 2.24) is 20.2 Å². The van der Waals surface area contributed by atoms with Crippen LogP contribution in [-0.4, -0.2) is 34.5 Å². The van der Waals surface area contributed by atoms with E-state index in [9.17, 15) is 17.6 Å². The average Bonchev–Trinajstić information content (AvgIpc) is 3.01. The summed E-state index contributed by atoms with van der Waals surface area (Å²) < 4.78 is 38.0. The fraction of sp³-hybridized carbons (Fsp3) is 0.133. The Morgan fingerprint density at radius 1 is 1.26 bits per heavy atom. The molecule has 2 heterocycles. The van der Waals surface area contributed by atoms with Gasteiger partial charge in [0.05, 0.1) is 17.0 Å². The number of carbonyl (C=O) groups is 1. The molecule has 0 saturated carbocycles. The molecule has 0 aliphatic heterocycles. The SMILES string of the molecule is Cc1nnc(NC(=O)c2nc(S(=O)(=O)Cc3ccc(F)cc3)ncc2Cl)s1. The first-order valence-corrected chi connectivity index (χ1v) is 10.2. The lowest BCUT2D eigenvalue weighted by atomic mass is 10.2. The molecular formula is C15H11ClFN5O3S2. The molecule has 1 N–H and O–H groups in total. The Hall–Kier alpha value is -2.50. The molecule has 3 rings (SSSR count). The van der Waals surface area contributed by atoms with Crippen molar-refractivity contribution in [3.63, 3.8) is 0 Å². The summed E-state index contributed by atoms with van der Waals surface area (Å²) in [6.07, 6.45) is 1.03. The predicted octanol–water partition coefficient (Wildman–Crippen LogP) is 2.66. The number of nitrogens with one attached hydrogen (secondary N) is 1. The minimum Gasteiger partial charge on any atom is -0.295 e. The molecule has 27 heavy (non-hydrogen) atoms. The van der Waals surface area contributed by atoms with Crippen LogP contribution in [0.3, 0.4) is 0 Å². The summed E-state index contributed by atoms with van der Waals surface area (Å²) in [5.74, 6) is -1.67. The molecule has 0 saturated heterocycles. The number of aryl methyl sites for hydroxylation is 1. The number of hydrogen-bond donors (Lipinski definition) is 1. The number of amides is 1. The predicted molar refractivity (Wildman–Crippen MR) is 96.9 cm³/mol. The van der Waals surface area contributed by atoms with Crippen molar-refractivity contribution in [3.05, 3.63) is 57.6 Å². The largest absolute Gasteiger partial charge is 0.295 e. The highest BCUT2D eigenvalue weighted by molar-refractivity contribution is 7.90. The standard InChI is InChI=1S/C15H11ClFN5O3S2/c1-8-21-22-14(26-8)20-13(23)12-11(16)6-18-15(19-12)27(24,25)7-9-2-4-10(17)5-3-9/h2-6H,7H2,1H3,(H,20,22,23). The van der Waals surface area contributed by atoms with Crippen LogP contribution in [0.15, 0.2) is 35.6 Å². The molecule has 0 unspecified atom stereocenters. The van der Waals surface area contributed by atoms with Crippen LogP contribution in [0.4, 0.5) is 9.52 Å². The van der Waals surface area contributed by atoms with E-state index in [0.717, 1.165) is 29.7 Å². The molecule has 0 spiro atoms. The summed E-state index contributed by atoms with van der Waals surface area (Å²) in [5, 5.41) is 10.1. The molecule has 1 aromatic carbocycles. The highest BCUT2D eigenvalue weighted by Gasteiger charge is 2.23. The monoisotopic (exact) mass is 427 g/mol. The third-order valence-corrected chi connectivity index (χ3v) is 5.73. The number of hydrogen-bond acceptors (Lipinski definition) is 8. The lowest BCUT2D eigenvalue weighted by molar-refractivity contribution is 0.102. The second-order valence-corrected chi connectivity index (χ2v) is 8.79. The molecule has 0 aliphatic carbocycles. The average molecular weight is 428 g/mol. The Morgan fingerprint density at radius 3 is 2.59 bits per heavy atom. The maximum atomic E-state index is 13.0. The van der Waals surface area contributed by atoms with Gasteiger partial charge in [0, 0.05) is 0 Å². The molecule has 2 aromatic heterocycles. The fourth-order valence-electron chi connectivity index (χ4n) is 2.03. The van der Waals surface area contributed by atoms with Crippen molar-refractivity contribution in [2.75, 3.05) is 5.32 Å². The maximum absolute atomic E-state index is 13.0. The number of halogens is 2. The highest BCUT2D eigenvalue weighted by atomic mass is 35.5. The van der Waals surface area contributed by atoms with E-state index in [1.807, 2.05) is 0 Å².